The second kappa shape index (κ2) is 12.3. The fraction of sp³-hybridized carbons (Fsp3) is 0.421. The highest BCUT2D eigenvalue weighted by molar-refractivity contribution is 14.0. The topological polar surface area (TPSA) is 59.8 Å². The molecule has 0 saturated heterocycles. The summed E-state index contributed by atoms with van der Waals surface area (Å²) in [5.74, 6) is 2.14. The molecule has 2 rings (SSSR count). The van der Waals surface area contributed by atoms with E-state index < -0.39 is 0 Å². The predicted octanol–water partition coefficient (Wildman–Crippen LogP) is 4.61. The smallest absolute Gasteiger partial charge is 0.191 e. The highest BCUT2D eigenvalue weighted by Crippen LogP contribution is 2.28. The molecule has 0 aliphatic rings. The van der Waals surface area contributed by atoms with Crippen LogP contribution in [0.1, 0.15) is 25.1 Å². The first-order valence-corrected chi connectivity index (χ1v) is 9.57. The molecule has 2 N–H and O–H groups in total. The zero-order valence-electron chi connectivity index (χ0n) is 16.5. The van der Waals surface area contributed by atoms with Crippen molar-refractivity contribution in [1.82, 2.24) is 15.2 Å². The summed E-state index contributed by atoms with van der Waals surface area (Å²) in [7, 11) is 3.51. The normalized spacial score (nSPS) is 11.0. The molecule has 0 fully saturated rings. The van der Waals surface area contributed by atoms with Crippen molar-refractivity contribution in [3.8, 4) is 11.5 Å². The Morgan fingerprint density at radius 1 is 1.14 bits per heavy atom. The molecule has 0 unspecified atom stereocenters. The molecule has 156 valence electrons. The van der Waals surface area contributed by atoms with E-state index in [9.17, 15) is 0 Å². The lowest BCUT2D eigenvalue weighted by Gasteiger charge is -2.13. The summed E-state index contributed by atoms with van der Waals surface area (Å²) >= 11 is 12.2. The van der Waals surface area contributed by atoms with Crippen molar-refractivity contribution in [2.75, 3.05) is 20.3 Å². The largest absolute Gasteiger partial charge is 0.493 e. The van der Waals surface area contributed by atoms with Gasteiger partial charge in [0.1, 0.15) is 5.15 Å². The molecule has 0 bridgehead atoms. The van der Waals surface area contributed by atoms with Crippen LogP contribution in [0.3, 0.4) is 0 Å². The van der Waals surface area contributed by atoms with Crippen molar-refractivity contribution in [2.45, 2.75) is 26.9 Å². The molecule has 1 aromatic heterocycles. The lowest BCUT2D eigenvalue weighted by molar-refractivity contribution is 0.310. The molecule has 0 saturated carbocycles. The first-order valence-electron chi connectivity index (χ1n) is 8.81. The van der Waals surface area contributed by atoms with Crippen LogP contribution in [-0.4, -0.2) is 30.8 Å². The molecule has 0 amide bonds. The Balaban J connectivity index is 0.00000392. The van der Waals surface area contributed by atoms with E-state index in [0.29, 0.717) is 41.6 Å². The molecule has 2 aromatic rings. The maximum Gasteiger partial charge on any atom is 0.191 e. The Kier molecular flexibility index (Phi) is 10.8. The van der Waals surface area contributed by atoms with Gasteiger partial charge >= 0.3 is 0 Å². The van der Waals surface area contributed by atoms with E-state index in [1.165, 1.54) is 0 Å². The lowest BCUT2D eigenvalue weighted by atomic mass is 10.2. The van der Waals surface area contributed by atoms with Crippen molar-refractivity contribution in [3.05, 3.63) is 45.7 Å². The Labute approximate surface area is 193 Å². The molecule has 0 aliphatic carbocycles. The molecule has 28 heavy (non-hydrogen) atoms. The Morgan fingerprint density at radius 3 is 2.46 bits per heavy atom. The first kappa shape index (κ1) is 24.7. The highest BCUT2D eigenvalue weighted by atomic mass is 127. The van der Waals surface area contributed by atoms with Gasteiger partial charge in [-0.25, -0.2) is 4.99 Å². The summed E-state index contributed by atoms with van der Waals surface area (Å²) in [6.07, 6.45) is 0. The van der Waals surface area contributed by atoms with Crippen molar-refractivity contribution in [3.63, 3.8) is 0 Å². The number of nitrogens with one attached hydrogen (secondary N) is 2. The lowest BCUT2D eigenvalue weighted by Crippen LogP contribution is -2.37. The molecule has 0 radical (unpaired) electrons. The summed E-state index contributed by atoms with van der Waals surface area (Å²) in [6.45, 7) is 6.38. The SMILES string of the molecule is CCNC(=NCc1ccc(OCC)c(OC)c1)NCc1cc(Cl)c(Cl)n1C.I. The third-order valence-electron chi connectivity index (χ3n) is 3.94. The Hall–Kier alpha value is -1.32. The highest BCUT2D eigenvalue weighted by Gasteiger charge is 2.10. The number of aliphatic imine (C=N–C) groups is 1. The van der Waals surface area contributed by atoms with Gasteiger partial charge in [-0.1, -0.05) is 29.3 Å². The second-order valence-electron chi connectivity index (χ2n) is 5.80. The standard InChI is InChI=1S/C19H26Cl2N4O2.HI/c1-5-22-19(24-12-14-10-15(20)18(21)25(14)3)23-11-13-7-8-16(27-6-2)17(9-13)26-4;/h7-10H,5-6,11-12H2,1-4H3,(H2,22,23,24);1H. The third-order valence-corrected chi connectivity index (χ3v) is 4.79. The van der Waals surface area contributed by atoms with E-state index >= 15 is 0 Å². The Bertz CT molecular complexity index is 796. The monoisotopic (exact) mass is 540 g/mol. The summed E-state index contributed by atoms with van der Waals surface area (Å²) in [5.41, 5.74) is 2.00. The van der Waals surface area contributed by atoms with Gasteiger partial charge in [0, 0.05) is 19.3 Å². The number of methoxy groups -OCH3 is 1. The number of hydrogen-bond acceptors (Lipinski definition) is 3. The number of rotatable bonds is 8. The van der Waals surface area contributed by atoms with E-state index in [4.69, 9.17) is 32.7 Å². The van der Waals surface area contributed by atoms with E-state index in [-0.39, 0.29) is 24.0 Å². The fourth-order valence-electron chi connectivity index (χ4n) is 2.53. The summed E-state index contributed by atoms with van der Waals surface area (Å²) in [6, 6.07) is 7.67. The van der Waals surface area contributed by atoms with Crippen LogP contribution in [0.4, 0.5) is 0 Å². The average Bonchev–Trinajstić information content (AvgIpc) is 2.91. The summed E-state index contributed by atoms with van der Waals surface area (Å²) in [5, 5.41) is 7.59. The van der Waals surface area contributed by atoms with Crippen LogP contribution in [0.2, 0.25) is 10.2 Å². The van der Waals surface area contributed by atoms with Crippen molar-refractivity contribution in [2.24, 2.45) is 12.0 Å². The van der Waals surface area contributed by atoms with E-state index in [0.717, 1.165) is 23.6 Å². The fourth-order valence-corrected chi connectivity index (χ4v) is 2.95. The average molecular weight is 541 g/mol. The molecule has 1 heterocycles. The zero-order valence-corrected chi connectivity index (χ0v) is 20.4. The van der Waals surface area contributed by atoms with E-state index in [1.807, 2.05) is 49.7 Å². The van der Waals surface area contributed by atoms with Crippen LogP contribution < -0.4 is 20.1 Å². The Morgan fingerprint density at radius 2 is 1.89 bits per heavy atom. The van der Waals surface area contributed by atoms with Crippen molar-refractivity contribution >= 4 is 53.1 Å². The summed E-state index contributed by atoms with van der Waals surface area (Å²) in [4.78, 5) is 4.63. The molecule has 9 heteroatoms. The molecule has 6 nitrogen and oxygen atoms in total. The van der Waals surface area contributed by atoms with Gasteiger partial charge in [0.05, 0.1) is 31.8 Å². The minimum Gasteiger partial charge on any atom is -0.493 e. The quantitative estimate of drug-likeness (QED) is 0.291. The predicted molar refractivity (Wildman–Crippen MR) is 127 cm³/mol. The minimum absolute atomic E-state index is 0. The van der Waals surface area contributed by atoms with E-state index in [1.54, 1.807) is 7.11 Å². The van der Waals surface area contributed by atoms with Gasteiger partial charge in [0.25, 0.3) is 0 Å². The minimum atomic E-state index is 0. The van der Waals surface area contributed by atoms with Crippen LogP contribution in [0.5, 0.6) is 11.5 Å². The van der Waals surface area contributed by atoms with Crippen LogP contribution in [-0.2, 0) is 20.1 Å². The number of halogens is 3. The molecular formula is C19H27Cl2IN4O2. The van der Waals surface area contributed by atoms with Gasteiger partial charge in [-0.3, -0.25) is 0 Å². The third kappa shape index (κ3) is 6.63. The zero-order chi connectivity index (χ0) is 19.8. The number of aromatic nitrogens is 1. The van der Waals surface area contributed by atoms with E-state index in [2.05, 4.69) is 15.6 Å². The molecule has 0 spiro atoms. The molecular weight excluding hydrogens is 514 g/mol. The number of benzene rings is 1. The number of ether oxygens (including phenoxy) is 2. The van der Waals surface area contributed by atoms with Crippen LogP contribution in [0, 0.1) is 0 Å². The van der Waals surface area contributed by atoms with Gasteiger partial charge in [-0.2, -0.15) is 0 Å². The molecule has 0 aliphatic heterocycles. The van der Waals surface area contributed by atoms with Crippen LogP contribution in [0.25, 0.3) is 0 Å². The van der Waals surface area contributed by atoms with Crippen molar-refractivity contribution in [1.29, 1.82) is 0 Å². The number of nitrogens with zero attached hydrogens (tertiary/aromatic N) is 2. The summed E-state index contributed by atoms with van der Waals surface area (Å²) < 4.78 is 12.8. The van der Waals surface area contributed by atoms with Gasteiger partial charge < -0.3 is 24.7 Å². The number of hydrogen-bond donors (Lipinski definition) is 2. The number of guanidine groups is 1. The first-order chi connectivity index (χ1) is 13.0. The molecule has 1 aromatic carbocycles. The maximum atomic E-state index is 6.12. The maximum absolute atomic E-state index is 6.12. The van der Waals surface area contributed by atoms with Crippen LogP contribution in [0.15, 0.2) is 29.3 Å². The van der Waals surface area contributed by atoms with Gasteiger partial charge in [0.2, 0.25) is 0 Å². The van der Waals surface area contributed by atoms with Gasteiger partial charge in [-0.15, -0.1) is 24.0 Å². The van der Waals surface area contributed by atoms with Crippen LogP contribution >= 0.6 is 47.2 Å². The second-order valence-corrected chi connectivity index (χ2v) is 6.57. The van der Waals surface area contributed by atoms with Crippen molar-refractivity contribution < 1.29 is 9.47 Å². The van der Waals surface area contributed by atoms with Gasteiger partial charge in [0.15, 0.2) is 17.5 Å². The van der Waals surface area contributed by atoms with Gasteiger partial charge in [-0.05, 0) is 37.6 Å². The molecule has 0 atom stereocenters.